The van der Waals surface area contributed by atoms with Crippen LogP contribution in [0.1, 0.15) is 40.0 Å². The Bertz CT molecular complexity index is 204. The van der Waals surface area contributed by atoms with Gasteiger partial charge in [0.25, 0.3) is 0 Å². The van der Waals surface area contributed by atoms with Crippen LogP contribution in [-0.4, -0.2) is 11.9 Å². The summed E-state index contributed by atoms with van der Waals surface area (Å²) in [6, 6.07) is 0.215. The zero-order valence-corrected chi connectivity index (χ0v) is 9.42. The highest BCUT2D eigenvalue weighted by Crippen LogP contribution is 1.94. The number of hydrogen-bond donors (Lipinski definition) is 1. The fraction of sp³-hybridized carbons (Fsp3) is 0.583. The summed E-state index contributed by atoms with van der Waals surface area (Å²) < 4.78 is 0. The van der Waals surface area contributed by atoms with Crippen LogP contribution in [0.25, 0.3) is 0 Å². The van der Waals surface area contributed by atoms with Crippen molar-refractivity contribution in [2.45, 2.75) is 46.1 Å². The van der Waals surface area contributed by atoms with Gasteiger partial charge in [0, 0.05) is 6.04 Å². The molecule has 80 valence electrons. The van der Waals surface area contributed by atoms with Crippen LogP contribution in [0.15, 0.2) is 24.3 Å². The number of rotatable bonds is 6. The Morgan fingerprint density at radius 2 is 1.86 bits per heavy atom. The van der Waals surface area contributed by atoms with Crippen LogP contribution >= 0.6 is 0 Å². The van der Waals surface area contributed by atoms with Gasteiger partial charge in [0.05, 0.1) is 0 Å². The molecule has 0 fully saturated rings. The minimum atomic E-state index is -0.000490. The first-order valence-corrected chi connectivity index (χ1v) is 5.28. The average Bonchev–Trinajstić information content (AvgIpc) is 2.10. The molecule has 0 aliphatic carbocycles. The van der Waals surface area contributed by atoms with E-state index >= 15 is 0 Å². The molecule has 0 saturated carbocycles. The van der Waals surface area contributed by atoms with Gasteiger partial charge in [-0.15, -0.1) is 0 Å². The average molecular weight is 195 g/mol. The highest BCUT2D eigenvalue weighted by atomic mass is 16.1. The number of unbranched alkanes of at least 4 members (excludes halogenated alkanes) is 1. The molecule has 0 aromatic heterocycles. The second kappa shape index (κ2) is 8.54. The first-order chi connectivity index (χ1) is 6.66. The number of carbonyl (C=O) groups is 1. The normalized spacial score (nSPS) is 11.7. The molecule has 1 amide bonds. The van der Waals surface area contributed by atoms with Crippen molar-refractivity contribution < 1.29 is 4.79 Å². The Kier molecular flexibility index (Phi) is 7.90. The molecule has 0 aromatic rings. The lowest BCUT2D eigenvalue weighted by Crippen LogP contribution is -2.28. The van der Waals surface area contributed by atoms with Gasteiger partial charge in [-0.3, -0.25) is 4.79 Å². The minimum absolute atomic E-state index is 0.000490. The van der Waals surface area contributed by atoms with Crippen molar-refractivity contribution >= 4 is 5.91 Å². The van der Waals surface area contributed by atoms with Gasteiger partial charge in [0.1, 0.15) is 0 Å². The summed E-state index contributed by atoms with van der Waals surface area (Å²) in [5, 5.41) is 2.80. The van der Waals surface area contributed by atoms with Gasteiger partial charge in [0.2, 0.25) is 5.91 Å². The molecule has 0 bridgehead atoms. The standard InChI is InChI=1S/C12H21NO/c1-4-5-6-7-8-9-10-12(14)13-11(2)3/h5-6,9-11H,4,7-8H2,1-3H3,(H,13,14)/b6-5+,10-9+. The maximum atomic E-state index is 11.1. The van der Waals surface area contributed by atoms with E-state index in [9.17, 15) is 4.79 Å². The van der Waals surface area contributed by atoms with Crippen molar-refractivity contribution in [3.8, 4) is 0 Å². The van der Waals surface area contributed by atoms with Gasteiger partial charge >= 0.3 is 0 Å². The number of nitrogens with one attached hydrogen (secondary N) is 1. The first kappa shape index (κ1) is 12.9. The summed E-state index contributed by atoms with van der Waals surface area (Å²) in [5.74, 6) is -0.000490. The second-order valence-electron chi connectivity index (χ2n) is 3.52. The van der Waals surface area contributed by atoms with Gasteiger partial charge in [-0.05, 0) is 39.2 Å². The monoisotopic (exact) mass is 195 g/mol. The van der Waals surface area contributed by atoms with Crippen molar-refractivity contribution in [2.24, 2.45) is 0 Å². The molecule has 0 saturated heterocycles. The number of hydrogen-bond acceptors (Lipinski definition) is 1. The minimum Gasteiger partial charge on any atom is -0.350 e. The molecule has 2 heteroatoms. The van der Waals surface area contributed by atoms with Crippen LogP contribution in [0.2, 0.25) is 0 Å². The molecule has 0 radical (unpaired) electrons. The van der Waals surface area contributed by atoms with Gasteiger partial charge < -0.3 is 5.32 Å². The number of allylic oxidation sites excluding steroid dienone is 3. The Morgan fingerprint density at radius 1 is 1.21 bits per heavy atom. The largest absolute Gasteiger partial charge is 0.350 e. The van der Waals surface area contributed by atoms with Crippen molar-refractivity contribution in [1.82, 2.24) is 5.32 Å². The molecule has 0 unspecified atom stereocenters. The molecular weight excluding hydrogens is 174 g/mol. The molecule has 0 spiro atoms. The maximum absolute atomic E-state index is 11.1. The van der Waals surface area contributed by atoms with Crippen LogP contribution in [0, 0.1) is 0 Å². The van der Waals surface area contributed by atoms with Gasteiger partial charge in [-0.1, -0.05) is 25.2 Å². The van der Waals surface area contributed by atoms with E-state index in [2.05, 4.69) is 24.4 Å². The highest BCUT2D eigenvalue weighted by Gasteiger charge is 1.95. The molecule has 1 N–H and O–H groups in total. The summed E-state index contributed by atoms with van der Waals surface area (Å²) in [6.45, 7) is 6.02. The molecule has 0 atom stereocenters. The number of amides is 1. The van der Waals surface area contributed by atoms with E-state index in [1.807, 2.05) is 19.9 Å². The predicted molar refractivity (Wildman–Crippen MR) is 61.1 cm³/mol. The Balaban J connectivity index is 3.52. The molecule has 0 aliphatic heterocycles. The second-order valence-corrected chi connectivity index (χ2v) is 3.52. The highest BCUT2D eigenvalue weighted by molar-refractivity contribution is 5.87. The van der Waals surface area contributed by atoms with E-state index in [0.717, 1.165) is 19.3 Å². The van der Waals surface area contributed by atoms with Crippen molar-refractivity contribution in [2.75, 3.05) is 0 Å². The van der Waals surface area contributed by atoms with E-state index in [4.69, 9.17) is 0 Å². The zero-order valence-electron chi connectivity index (χ0n) is 9.42. The zero-order chi connectivity index (χ0) is 10.8. The van der Waals surface area contributed by atoms with Crippen molar-refractivity contribution in [1.29, 1.82) is 0 Å². The van der Waals surface area contributed by atoms with E-state index in [-0.39, 0.29) is 11.9 Å². The Morgan fingerprint density at radius 3 is 2.43 bits per heavy atom. The molecule has 0 rings (SSSR count). The van der Waals surface area contributed by atoms with Crippen LogP contribution in [0.3, 0.4) is 0 Å². The third kappa shape index (κ3) is 9.04. The summed E-state index contributed by atoms with van der Waals surface area (Å²) >= 11 is 0. The molecule has 0 aliphatic rings. The topological polar surface area (TPSA) is 29.1 Å². The van der Waals surface area contributed by atoms with Crippen LogP contribution in [-0.2, 0) is 4.79 Å². The Labute approximate surface area is 87.1 Å². The van der Waals surface area contributed by atoms with E-state index in [0.29, 0.717) is 0 Å². The molecule has 2 nitrogen and oxygen atoms in total. The molecule has 14 heavy (non-hydrogen) atoms. The lowest BCUT2D eigenvalue weighted by molar-refractivity contribution is -0.116. The number of carbonyl (C=O) groups excluding carboxylic acids is 1. The fourth-order valence-corrected chi connectivity index (χ4v) is 1.000. The molecular formula is C12H21NO. The summed E-state index contributed by atoms with van der Waals surface area (Å²) in [6.07, 6.45) is 10.8. The molecule has 0 heterocycles. The van der Waals surface area contributed by atoms with Gasteiger partial charge in [0.15, 0.2) is 0 Å². The van der Waals surface area contributed by atoms with Crippen molar-refractivity contribution in [3.63, 3.8) is 0 Å². The molecule has 0 aromatic carbocycles. The lowest BCUT2D eigenvalue weighted by atomic mass is 10.2. The van der Waals surface area contributed by atoms with Gasteiger partial charge in [-0.2, -0.15) is 0 Å². The van der Waals surface area contributed by atoms with E-state index in [1.165, 1.54) is 0 Å². The predicted octanol–water partition coefficient (Wildman–Crippen LogP) is 2.81. The van der Waals surface area contributed by atoms with Gasteiger partial charge in [-0.25, -0.2) is 0 Å². The smallest absolute Gasteiger partial charge is 0.243 e. The van der Waals surface area contributed by atoms with Crippen LogP contribution in [0.5, 0.6) is 0 Å². The maximum Gasteiger partial charge on any atom is 0.243 e. The summed E-state index contributed by atoms with van der Waals surface area (Å²) in [4.78, 5) is 11.1. The SMILES string of the molecule is CC/C=C/CC/C=C/C(=O)NC(C)C. The summed E-state index contributed by atoms with van der Waals surface area (Å²) in [5.41, 5.74) is 0. The quantitative estimate of drug-likeness (QED) is 0.394. The fourth-order valence-electron chi connectivity index (χ4n) is 1.000. The van der Waals surface area contributed by atoms with Crippen molar-refractivity contribution in [3.05, 3.63) is 24.3 Å². The third-order valence-electron chi connectivity index (χ3n) is 1.60. The van der Waals surface area contributed by atoms with Crippen LogP contribution in [0.4, 0.5) is 0 Å². The first-order valence-electron chi connectivity index (χ1n) is 5.28. The Hall–Kier alpha value is -1.05. The van der Waals surface area contributed by atoms with E-state index in [1.54, 1.807) is 6.08 Å². The van der Waals surface area contributed by atoms with Crippen LogP contribution < -0.4 is 5.32 Å². The third-order valence-corrected chi connectivity index (χ3v) is 1.60. The summed E-state index contributed by atoms with van der Waals surface area (Å²) in [7, 11) is 0. The lowest BCUT2D eigenvalue weighted by Gasteiger charge is -2.03. The van der Waals surface area contributed by atoms with E-state index < -0.39 is 0 Å².